The number of ether oxygens (including phenoxy) is 2. The van der Waals surface area contributed by atoms with Crippen LogP contribution in [0.25, 0.3) is 6.08 Å². The van der Waals surface area contributed by atoms with E-state index >= 15 is 0 Å². The molecule has 5 nitrogen and oxygen atoms in total. The van der Waals surface area contributed by atoms with Crippen LogP contribution in [0.1, 0.15) is 18.9 Å². The normalized spacial score (nSPS) is 17.9. The molecule has 0 unspecified atom stereocenters. The Kier molecular flexibility index (Phi) is 5.03. The third-order valence-corrected chi connectivity index (χ3v) is 2.82. The van der Waals surface area contributed by atoms with E-state index in [4.69, 9.17) is 9.47 Å². The monoisotopic (exact) mass is 274 g/mol. The van der Waals surface area contributed by atoms with E-state index in [9.17, 15) is 4.79 Å². The number of nitrogens with one attached hydrogen (secondary N) is 1. The summed E-state index contributed by atoms with van der Waals surface area (Å²) in [6.45, 7) is 2.79. The maximum absolute atomic E-state index is 11.6. The van der Waals surface area contributed by atoms with E-state index in [0.29, 0.717) is 13.2 Å². The van der Waals surface area contributed by atoms with E-state index in [1.54, 1.807) is 13.0 Å². The minimum absolute atomic E-state index is 0.132. The Morgan fingerprint density at radius 2 is 2.05 bits per heavy atom. The van der Waals surface area contributed by atoms with Crippen molar-refractivity contribution in [1.29, 1.82) is 0 Å². The Balaban J connectivity index is 1.73. The molecule has 1 saturated heterocycles. The first-order valence-corrected chi connectivity index (χ1v) is 6.49. The molecule has 20 heavy (non-hydrogen) atoms. The fourth-order valence-electron chi connectivity index (χ4n) is 1.86. The van der Waals surface area contributed by atoms with Gasteiger partial charge in [-0.15, -0.1) is 0 Å². The van der Waals surface area contributed by atoms with Gasteiger partial charge in [0.05, 0.1) is 19.6 Å². The highest BCUT2D eigenvalue weighted by Crippen LogP contribution is 2.21. The van der Waals surface area contributed by atoms with Crippen molar-refractivity contribution in [3.8, 4) is 0 Å². The minimum Gasteiger partial charge on any atom is -0.347 e. The van der Waals surface area contributed by atoms with Crippen molar-refractivity contribution in [2.24, 2.45) is 5.10 Å². The van der Waals surface area contributed by atoms with Crippen molar-refractivity contribution in [1.82, 2.24) is 5.43 Å². The summed E-state index contributed by atoms with van der Waals surface area (Å²) < 4.78 is 10.7. The van der Waals surface area contributed by atoms with Crippen LogP contribution in [0.15, 0.2) is 41.5 Å². The smallest absolute Gasteiger partial charge is 0.245 e. The fourth-order valence-corrected chi connectivity index (χ4v) is 1.86. The van der Waals surface area contributed by atoms with Gasteiger partial charge >= 0.3 is 0 Å². The van der Waals surface area contributed by atoms with E-state index < -0.39 is 5.79 Å². The number of nitrogens with zero attached hydrogens (tertiary/aromatic N) is 1. The van der Waals surface area contributed by atoms with Gasteiger partial charge in [0.15, 0.2) is 5.79 Å². The molecule has 1 N–H and O–H groups in total. The number of hydrazone groups is 1. The number of rotatable bonds is 5. The Bertz CT molecular complexity index is 491. The lowest BCUT2D eigenvalue weighted by Crippen LogP contribution is -2.33. The van der Waals surface area contributed by atoms with Gasteiger partial charge in [-0.1, -0.05) is 36.4 Å². The Hall–Kier alpha value is -1.98. The highest BCUT2D eigenvalue weighted by Gasteiger charge is 2.33. The summed E-state index contributed by atoms with van der Waals surface area (Å²) in [5, 5.41) is 3.84. The minimum atomic E-state index is -0.820. The van der Waals surface area contributed by atoms with E-state index in [2.05, 4.69) is 10.5 Å². The average Bonchev–Trinajstić information content (AvgIpc) is 2.86. The predicted octanol–water partition coefficient (Wildman–Crippen LogP) is 1.95. The molecule has 106 valence electrons. The van der Waals surface area contributed by atoms with Crippen LogP contribution in [0.5, 0.6) is 0 Å². The SMILES string of the molecule is CC1(CC(=O)NN=CC=Cc2ccccc2)OCCO1. The predicted molar refractivity (Wildman–Crippen MR) is 77.0 cm³/mol. The Morgan fingerprint density at radius 3 is 2.75 bits per heavy atom. The molecule has 0 aromatic heterocycles. The molecule has 1 aliphatic heterocycles. The molecule has 5 heteroatoms. The quantitative estimate of drug-likeness (QED) is 0.659. The molecule has 1 aliphatic rings. The maximum atomic E-state index is 11.6. The van der Waals surface area contributed by atoms with Crippen molar-refractivity contribution in [3.05, 3.63) is 42.0 Å². The van der Waals surface area contributed by atoms with Crippen LogP contribution in [-0.2, 0) is 14.3 Å². The van der Waals surface area contributed by atoms with E-state index in [1.165, 1.54) is 6.21 Å². The van der Waals surface area contributed by atoms with E-state index in [0.717, 1.165) is 5.56 Å². The number of allylic oxidation sites excluding steroid dienone is 1. The van der Waals surface area contributed by atoms with Gasteiger partial charge in [-0.3, -0.25) is 4.79 Å². The molecule has 0 atom stereocenters. The van der Waals surface area contributed by atoms with Crippen LogP contribution in [0.3, 0.4) is 0 Å². The molecule has 1 aromatic rings. The summed E-state index contributed by atoms with van der Waals surface area (Å²) in [6.07, 6.45) is 5.33. The van der Waals surface area contributed by atoms with Crippen molar-refractivity contribution >= 4 is 18.2 Å². The molecule has 1 amide bonds. The maximum Gasteiger partial charge on any atom is 0.245 e. The lowest BCUT2D eigenvalue weighted by molar-refractivity contribution is -0.159. The second kappa shape index (κ2) is 6.98. The second-order valence-electron chi connectivity index (χ2n) is 4.59. The number of carbonyl (C=O) groups is 1. The van der Waals surface area contributed by atoms with Crippen molar-refractivity contribution in [2.75, 3.05) is 13.2 Å². The third-order valence-electron chi connectivity index (χ3n) is 2.82. The van der Waals surface area contributed by atoms with Gasteiger partial charge in [-0.05, 0) is 18.6 Å². The summed E-state index contributed by atoms with van der Waals surface area (Å²) in [6, 6.07) is 9.85. The van der Waals surface area contributed by atoms with Gasteiger partial charge in [0.25, 0.3) is 0 Å². The molecule has 0 aliphatic carbocycles. The number of amides is 1. The van der Waals surface area contributed by atoms with Gasteiger partial charge in [-0.2, -0.15) is 5.10 Å². The number of hydrogen-bond donors (Lipinski definition) is 1. The van der Waals surface area contributed by atoms with Gasteiger partial charge in [0, 0.05) is 6.21 Å². The van der Waals surface area contributed by atoms with Crippen LogP contribution < -0.4 is 5.43 Å². The number of hydrogen-bond acceptors (Lipinski definition) is 4. The first-order chi connectivity index (χ1) is 9.68. The lowest BCUT2D eigenvalue weighted by Gasteiger charge is -2.20. The average molecular weight is 274 g/mol. The van der Waals surface area contributed by atoms with Crippen LogP contribution in [0, 0.1) is 0 Å². The molecular weight excluding hydrogens is 256 g/mol. The first kappa shape index (κ1) is 14.4. The standard InChI is InChI=1S/C15H18N2O3/c1-15(19-10-11-20-15)12-14(18)17-16-9-5-8-13-6-3-2-4-7-13/h2-9H,10-12H2,1H3,(H,17,18). The third kappa shape index (κ3) is 4.60. The van der Waals surface area contributed by atoms with E-state index in [1.807, 2.05) is 36.4 Å². The van der Waals surface area contributed by atoms with Crippen LogP contribution in [0.2, 0.25) is 0 Å². The summed E-state index contributed by atoms with van der Waals surface area (Å²) in [4.78, 5) is 11.6. The summed E-state index contributed by atoms with van der Waals surface area (Å²) >= 11 is 0. The molecule has 0 bridgehead atoms. The molecule has 0 saturated carbocycles. The molecular formula is C15H18N2O3. The van der Waals surface area contributed by atoms with Gasteiger partial charge in [0.2, 0.25) is 5.91 Å². The molecule has 1 aromatic carbocycles. The highest BCUT2D eigenvalue weighted by atomic mass is 16.7. The zero-order valence-corrected chi connectivity index (χ0v) is 11.4. The first-order valence-electron chi connectivity index (χ1n) is 6.49. The molecule has 2 rings (SSSR count). The largest absolute Gasteiger partial charge is 0.347 e. The summed E-state index contributed by atoms with van der Waals surface area (Å²) in [5.41, 5.74) is 3.51. The van der Waals surface area contributed by atoms with E-state index in [-0.39, 0.29) is 12.3 Å². The zero-order chi connectivity index (χ0) is 14.3. The van der Waals surface area contributed by atoms with Crippen molar-refractivity contribution in [3.63, 3.8) is 0 Å². The van der Waals surface area contributed by atoms with Crippen LogP contribution >= 0.6 is 0 Å². The fraction of sp³-hybridized carbons (Fsp3) is 0.333. The van der Waals surface area contributed by atoms with Gasteiger partial charge in [-0.25, -0.2) is 5.43 Å². The molecule has 0 radical (unpaired) electrons. The van der Waals surface area contributed by atoms with Gasteiger partial charge < -0.3 is 9.47 Å². The van der Waals surface area contributed by atoms with Crippen LogP contribution in [-0.4, -0.2) is 31.1 Å². The molecule has 1 heterocycles. The topological polar surface area (TPSA) is 59.9 Å². The summed E-state index contributed by atoms with van der Waals surface area (Å²) in [5.74, 6) is -1.06. The van der Waals surface area contributed by atoms with Crippen molar-refractivity contribution < 1.29 is 14.3 Å². The Labute approximate surface area is 118 Å². The second-order valence-corrected chi connectivity index (χ2v) is 4.59. The molecule has 1 fully saturated rings. The number of benzene rings is 1. The zero-order valence-electron chi connectivity index (χ0n) is 11.4. The Morgan fingerprint density at radius 1 is 1.35 bits per heavy atom. The summed E-state index contributed by atoms with van der Waals surface area (Å²) in [7, 11) is 0. The number of carbonyl (C=O) groups excluding carboxylic acids is 1. The molecule has 0 spiro atoms. The lowest BCUT2D eigenvalue weighted by atomic mass is 10.2. The van der Waals surface area contributed by atoms with Gasteiger partial charge in [0.1, 0.15) is 0 Å². The van der Waals surface area contributed by atoms with Crippen molar-refractivity contribution in [2.45, 2.75) is 19.1 Å². The van der Waals surface area contributed by atoms with Crippen LogP contribution in [0.4, 0.5) is 0 Å². The highest BCUT2D eigenvalue weighted by molar-refractivity contribution is 5.81.